The second-order valence-corrected chi connectivity index (χ2v) is 4.82. The van der Waals surface area contributed by atoms with Gasteiger partial charge in [0.15, 0.2) is 5.82 Å². The molecule has 98 valence electrons. The van der Waals surface area contributed by atoms with E-state index in [0.717, 1.165) is 16.1 Å². The van der Waals surface area contributed by atoms with Crippen LogP contribution in [0.1, 0.15) is 5.56 Å². The molecule has 2 aromatic carbocycles. The van der Waals surface area contributed by atoms with Gasteiger partial charge >= 0.3 is 0 Å². The summed E-state index contributed by atoms with van der Waals surface area (Å²) in [5.74, 6) is -0.635. The molecule has 0 aromatic heterocycles. The molecule has 0 heterocycles. The van der Waals surface area contributed by atoms with Crippen molar-refractivity contribution in [3.63, 3.8) is 0 Å². The predicted octanol–water partition coefficient (Wildman–Crippen LogP) is 4.11. The molecule has 0 amide bonds. The molecule has 0 aliphatic heterocycles. The van der Waals surface area contributed by atoms with E-state index in [1.54, 1.807) is 0 Å². The van der Waals surface area contributed by atoms with Gasteiger partial charge in [-0.1, -0.05) is 28.1 Å². The Morgan fingerprint density at radius 3 is 2.68 bits per heavy atom. The average Bonchev–Trinajstić information content (AvgIpc) is 2.37. The van der Waals surface area contributed by atoms with E-state index in [-0.39, 0.29) is 11.4 Å². The minimum Gasteiger partial charge on any atom is -0.379 e. The molecule has 0 atom stereocenters. The molecule has 0 unspecified atom stereocenters. The van der Waals surface area contributed by atoms with E-state index in [1.807, 2.05) is 24.3 Å². The van der Waals surface area contributed by atoms with Crippen LogP contribution in [-0.4, -0.2) is 4.92 Å². The number of hydrogen-bond acceptors (Lipinski definition) is 3. The van der Waals surface area contributed by atoms with E-state index >= 15 is 0 Å². The predicted molar refractivity (Wildman–Crippen MR) is 74.5 cm³/mol. The largest absolute Gasteiger partial charge is 0.379 e. The van der Waals surface area contributed by atoms with Crippen molar-refractivity contribution < 1.29 is 9.31 Å². The number of nitrogens with zero attached hydrogens (tertiary/aromatic N) is 1. The summed E-state index contributed by atoms with van der Waals surface area (Å²) in [6.07, 6.45) is 0. The van der Waals surface area contributed by atoms with Crippen LogP contribution >= 0.6 is 15.9 Å². The van der Waals surface area contributed by atoms with Crippen LogP contribution < -0.4 is 5.32 Å². The zero-order valence-electron chi connectivity index (χ0n) is 9.77. The van der Waals surface area contributed by atoms with Gasteiger partial charge in [0.2, 0.25) is 0 Å². The summed E-state index contributed by atoms with van der Waals surface area (Å²) in [7, 11) is 0. The van der Waals surface area contributed by atoms with E-state index in [9.17, 15) is 14.5 Å². The first-order valence-electron chi connectivity index (χ1n) is 5.48. The third kappa shape index (κ3) is 3.51. The van der Waals surface area contributed by atoms with Gasteiger partial charge in [-0.25, -0.2) is 4.39 Å². The number of nitro groups is 1. The third-order valence-corrected chi connectivity index (χ3v) is 3.03. The molecule has 19 heavy (non-hydrogen) atoms. The first-order chi connectivity index (χ1) is 9.06. The lowest BCUT2D eigenvalue weighted by atomic mass is 10.2. The first kappa shape index (κ1) is 13.5. The van der Waals surface area contributed by atoms with Crippen molar-refractivity contribution in [1.82, 2.24) is 0 Å². The van der Waals surface area contributed by atoms with E-state index in [4.69, 9.17) is 0 Å². The zero-order valence-corrected chi connectivity index (χ0v) is 11.4. The second-order valence-electron chi connectivity index (χ2n) is 3.90. The lowest BCUT2D eigenvalue weighted by Crippen LogP contribution is -2.02. The molecule has 0 spiro atoms. The molecule has 1 N–H and O–H groups in total. The van der Waals surface area contributed by atoms with Gasteiger partial charge in [-0.2, -0.15) is 0 Å². The first-order valence-corrected chi connectivity index (χ1v) is 6.28. The Morgan fingerprint density at radius 1 is 1.26 bits per heavy atom. The molecular weight excluding hydrogens is 315 g/mol. The van der Waals surface area contributed by atoms with Crippen LogP contribution in [0.5, 0.6) is 0 Å². The molecule has 0 saturated heterocycles. The molecule has 2 aromatic rings. The minimum absolute atomic E-state index is 0.241. The number of non-ortho nitro benzene ring substituents is 1. The fourth-order valence-corrected chi connectivity index (χ4v) is 2.05. The summed E-state index contributed by atoms with van der Waals surface area (Å²) in [6.45, 7) is 0.439. The second kappa shape index (κ2) is 5.79. The van der Waals surface area contributed by atoms with Gasteiger partial charge in [0.1, 0.15) is 0 Å². The van der Waals surface area contributed by atoms with Crippen LogP contribution in [0.4, 0.5) is 15.8 Å². The van der Waals surface area contributed by atoms with Crippen molar-refractivity contribution in [2.45, 2.75) is 6.54 Å². The normalized spacial score (nSPS) is 10.2. The minimum atomic E-state index is -0.635. The van der Waals surface area contributed by atoms with Crippen LogP contribution in [0, 0.1) is 15.9 Å². The molecule has 0 fully saturated rings. The van der Waals surface area contributed by atoms with Crippen molar-refractivity contribution in [2.24, 2.45) is 0 Å². The van der Waals surface area contributed by atoms with Gasteiger partial charge < -0.3 is 5.32 Å². The number of nitrogens with one attached hydrogen (secondary N) is 1. The highest BCUT2D eigenvalue weighted by Gasteiger charge is 2.10. The summed E-state index contributed by atoms with van der Waals surface area (Å²) in [4.78, 5) is 9.87. The van der Waals surface area contributed by atoms with Crippen molar-refractivity contribution in [3.05, 3.63) is 68.4 Å². The zero-order chi connectivity index (χ0) is 13.8. The van der Waals surface area contributed by atoms with Crippen molar-refractivity contribution >= 4 is 27.3 Å². The van der Waals surface area contributed by atoms with Crippen LogP contribution in [0.25, 0.3) is 0 Å². The standard InChI is InChI=1S/C13H10BrFN2O2/c14-10-3-1-2-9(6-10)8-16-13-5-4-11(17(18)19)7-12(13)15/h1-7,16H,8H2. The van der Waals surface area contributed by atoms with E-state index in [2.05, 4.69) is 21.2 Å². The number of nitro benzene ring substituents is 1. The smallest absolute Gasteiger partial charge is 0.272 e. The maximum Gasteiger partial charge on any atom is 0.272 e. The average molecular weight is 325 g/mol. The van der Waals surface area contributed by atoms with Gasteiger partial charge in [0.05, 0.1) is 16.7 Å². The Morgan fingerprint density at radius 2 is 2.05 bits per heavy atom. The summed E-state index contributed by atoms with van der Waals surface area (Å²) in [5.41, 5.74) is 0.961. The van der Waals surface area contributed by atoms with Crippen molar-refractivity contribution in [2.75, 3.05) is 5.32 Å². The molecular formula is C13H10BrFN2O2. The number of halogens is 2. The third-order valence-electron chi connectivity index (χ3n) is 2.54. The van der Waals surface area contributed by atoms with Gasteiger partial charge in [-0.3, -0.25) is 10.1 Å². The molecule has 2 rings (SSSR count). The van der Waals surface area contributed by atoms with Crippen molar-refractivity contribution in [3.8, 4) is 0 Å². The van der Waals surface area contributed by atoms with E-state index in [1.165, 1.54) is 12.1 Å². The lowest BCUT2D eigenvalue weighted by molar-refractivity contribution is -0.385. The van der Waals surface area contributed by atoms with Gasteiger partial charge in [0, 0.05) is 17.1 Å². The number of anilines is 1. The number of benzene rings is 2. The molecule has 0 aliphatic rings. The Hall–Kier alpha value is -1.95. The van der Waals surface area contributed by atoms with E-state index < -0.39 is 10.7 Å². The maximum absolute atomic E-state index is 13.6. The van der Waals surface area contributed by atoms with Crippen LogP contribution in [0.3, 0.4) is 0 Å². The SMILES string of the molecule is O=[N+]([O-])c1ccc(NCc2cccc(Br)c2)c(F)c1. The highest BCUT2D eigenvalue weighted by Crippen LogP contribution is 2.21. The van der Waals surface area contributed by atoms with Crippen LogP contribution in [0.2, 0.25) is 0 Å². The molecule has 0 radical (unpaired) electrons. The Kier molecular flexibility index (Phi) is 4.11. The molecule has 0 saturated carbocycles. The quantitative estimate of drug-likeness (QED) is 0.680. The van der Waals surface area contributed by atoms with Crippen LogP contribution in [0.15, 0.2) is 46.9 Å². The van der Waals surface area contributed by atoms with Crippen molar-refractivity contribution in [1.29, 1.82) is 0 Å². The summed E-state index contributed by atoms with van der Waals surface area (Å²) in [5, 5.41) is 13.4. The summed E-state index contributed by atoms with van der Waals surface area (Å²) in [6, 6.07) is 11.1. The van der Waals surface area contributed by atoms with Gasteiger partial charge in [-0.05, 0) is 23.8 Å². The van der Waals surface area contributed by atoms with Gasteiger partial charge in [-0.15, -0.1) is 0 Å². The van der Waals surface area contributed by atoms with E-state index in [0.29, 0.717) is 6.54 Å². The molecule has 0 aliphatic carbocycles. The fourth-order valence-electron chi connectivity index (χ4n) is 1.61. The Balaban J connectivity index is 2.10. The molecule has 4 nitrogen and oxygen atoms in total. The highest BCUT2D eigenvalue weighted by molar-refractivity contribution is 9.10. The lowest BCUT2D eigenvalue weighted by Gasteiger charge is -2.07. The fraction of sp³-hybridized carbons (Fsp3) is 0.0769. The molecule has 6 heteroatoms. The molecule has 0 bridgehead atoms. The topological polar surface area (TPSA) is 55.2 Å². The Bertz CT molecular complexity index is 619. The summed E-state index contributed by atoms with van der Waals surface area (Å²) < 4.78 is 14.6. The Labute approximate surface area is 117 Å². The monoisotopic (exact) mass is 324 g/mol. The highest BCUT2D eigenvalue weighted by atomic mass is 79.9. The summed E-state index contributed by atoms with van der Waals surface area (Å²) >= 11 is 3.35. The maximum atomic E-state index is 13.6. The number of rotatable bonds is 4. The van der Waals surface area contributed by atoms with Crippen LogP contribution in [-0.2, 0) is 6.54 Å². The number of hydrogen-bond donors (Lipinski definition) is 1. The van der Waals surface area contributed by atoms with Gasteiger partial charge in [0.25, 0.3) is 5.69 Å².